The van der Waals surface area contributed by atoms with E-state index >= 15 is 0 Å². The van der Waals surface area contributed by atoms with Crippen LogP contribution in [0, 0.1) is 5.41 Å². The highest BCUT2D eigenvalue weighted by Gasteiger charge is 2.26. The molecule has 2 heteroatoms. The number of rotatable bonds is 10. The summed E-state index contributed by atoms with van der Waals surface area (Å²) in [6, 6.07) is 0. The van der Waals surface area contributed by atoms with Crippen LogP contribution in [0.3, 0.4) is 0 Å². The van der Waals surface area contributed by atoms with E-state index in [1.165, 1.54) is 44.9 Å². The highest BCUT2D eigenvalue weighted by molar-refractivity contribution is 4.79. The molecule has 0 saturated carbocycles. The van der Waals surface area contributed by atoms with Crippen LogP contribution in [0.15, 0.2) is 0 Å². The smallest absolute Gasteiger partial charge is 0.0530 e. The van der Waals surface area contributed by atoms with Crippen LogP contribution in [-0.4, -0.2) is 20.3 Å². The Labute approximate surface area is 95.6 Å². The zero-order valence-electron chi connectivity index (χ0n) is 10.8. The van der Waals surface area contributed by atoms with Crippen molar-refractivity contribution in [3.63, 3.8) is 0 Å². The fraction of sp³-hybridized carbons (Fsp3) is 1.00. The first-order valence-electron chi connectivity index (χ1n) is 6.43. The van der Waals surface area contributed by atoms with Gasteiger partial charge in [-0.15, -0.1) is 0 Å². The zero-order valence-corrected chi connectivity index (χ0v) is 10.8. The molecule has 0 aromatic carbocycles. The van der Waals surface area contributed by atoms with Gasteiger partial charge in [0.25, 0.3) is 0 Å². The van der Waals surface area contributed by atoms with E-state index in [1.54, 1.807) is 7.11 Å². The first-order valence-corrected chi connectivity index (χ1v) is 6.43. The number of ether oxygens (including phenoxy) is 1. The Morgan fingerprint density at radius 3 is 2.20 bits per heavy atom. The van der Waals surface area contributed by atoms with Gasteiger partial charge >= 0.3 is 0 Å². The maximum atomic E-state index is 5.91. The van der Waals surface area contributed by atoms with Crippen molar-refractivity contribution in [3.05, 3.63) is 0 Å². The molecule has 2 N–H and O–H groups in total. The van der Waals surface area contributed by atoms with Crippen molar-refractivity contribution in [3.8, 4) is 0 Å². The van der Waals surface area contributed by atoms with E-state index in [-0.39, 0.29) is 5.41 Å². The zero-order chi connectivity index (χ0) is 11.6. The van der Waals surface area contributed by atoms with Gasteiger partial charge < -0.3 is 10.5 Å². The first-order chi connectivity index (χ1) is 7.24. The molecule has 0 spiro atoms. The van der Waals surface area contributed by atoms with Gasteiger partial charge in [0.2, 0.25) is 0 Å². The topological polar surface area (TPSA) is 35.2 Å². The number of nitrogens with two attached hydrogens (primary N) is 1. The predicted molar refractivity (Wildman–Crippen MR) is 67.0 cm³/mol. The molecule has 0 fully saturated rings. The summed E-state index contributed by atoms with van der Waals surface area (Å²) in [4.78, 5) is 0. The van der Waals surface area contributed by atoms with Gasteiger partial charge in [-0.25, -0.2) is 0 Å². The SMILES string of the molecule is CCCCCCC(CN)(CCC)COC. The lowest BCUT2D eigenvalue weighted by molar-refractivity contribution is 0.0682. The predicted octanol–water partition coefficient (Wildman–Crippen LogP) is 3.35. The van der Waals surface area contributed by atoms with Crippen LogP contribution < -0.4 is 5.73 Å². The highest BCUT2D eigenvalue weighted by Crippen LogP contribution is 2.30. The van der Waals surface area contributed by atoms with Crippen molar-refractivity contribution in [2.24, 2.45) is 11.1 Å². The summed E-state index contributed by atoms with van der Waals surface area (Å²) in [5, 5.41) is 0. The molecule has 2 nitrogen and oxygen atoms in total. The van der Waals surface area contributed by atoms with Crippen LogP contribution in [0.25, 0.3) is 0 Å². The third-order valence-electron chi connectivity index (χ3n) is 3.22. The average molecular weight is 215 g/mol. The molecule has 0 heterocycles. The summed E-state index contributed by atoms with van der Waals surface area (Å²) >= 11 is 0. The Hall–Kier alpha value is -0.0800. The number of hydrogen-bond donors (Lipinski definition) is 1. The minimum Gasteiger partial charge on any atom is -0.384 e. The van der Waals surface area contributed by atoms with Crippen LogP contribution >= 0.6 is 0 Å². The van der Waals surface area contributed by atoms with Gasteiger partial charge in [-0.2, -0.15) is 0 Å². The van der Waals surface area contributed by atoms with E-state index in [0.29, 0.717) is 0 Å². The summed E-state index contributed by atoms with van der Waals surface area (Å²) in [6.45, 7) is 6.06. The summed E-state index contributed by atoms with van der Waals surface area (Å²) in [5.41, 5.74) is 6.16. The van der Waals surface area contributed by atoms with Crippen LogP contribution in [0.4, 0.5) is 0 Å². The van der Waals surface area contributed by atoms with E-state index < -0.39 is 0 Å². The standard InChI is InChI=1S/C13H29NO/c1-4-6-7-8-10-13(11-14,9-5-2)12-15-3/h4-12,14H2,1-3H3. The van der Waals surface area contributed by atoms with E-state index in [0.717, 1.165) is 13.2 Å². The first kappa shape index (κ1) is 14.9. The molecule has 0 amide bonds. The molecular weight excluding hydrogens is 186 g/mol. The molecule has 0 aliphatic heterocycles. The third-order valence-corrected chi connectivity index (χ3v) is 3.22. The molecule has 0 aromatic rings. The molecule has 0 radical (unpaired) electrons. The lowest BCUT2D eigenvalue weighted by Gasteiger charge is -2.31. The van der Waals surface area contributed by atoms with Gasteiger partial charge in [-0.1, -0.05) is 46.0 Å². The Morgan fingerprint density at radius 1 is 1.00 bits per heavy atom. The van der Waals surface area contributed by atoms with Crippen molar-refractivity contribution < 1.29 is 4.74 Å². The second-order valence-corrected chi connectivity index (χ2v) is 4.70. The van der Waals surface area contributed by atoms with Crippen molar-refractivity contribution in [2.45, 2.75) is 58.8 Å². The maximum Gasteiger partial charge on any atom is 0.0530 e. The van der Waals surface area contributed by atoms with Gasteiger partial charge in [-0.05, 0) is 12.8 Å². The van der Waals surface area contributed by atoms with Crippen molar-refractivity contribution >= 4 is 0 Å². The van der Waals surface area contributed by atoms with Crippen LogP contribution in [0.1, 0.15) is 58.8 Å². The average Bonchev–Trinajstić information content (AvgIpc) is 2.25. The lowest BCUT2D eigenvalue weighted by atomic mass is 9.79. The van der Waals surface area contributed by atoms with Crippen molar-refractivity contribution in [1.82, 2.24) is 0 Å². The second-order valence-electron chi connectivity index (χ2n) is 4.70. The summed E-state index contributed by atoms with van der Waals surface area (Å²) in [5.74, 6) is 0. The molecule has 1 atom stereocenters. The molecule has 92 valence electrons. The normalized spacial score (nSPS) is 15.2. The molecule has 0 aliphatic carbocycles. The van der Waals surface area contributed by atoms with Crippen LogP contribution in [-0.2, 0) is 4.74 Å². The largest absolute Gasteiger partial charge is 0.384 e. The van der Waals surface area contributed by atoms with Gasteiger partial charge in [-0.3, -0.25) is 0 Å². The molecule has 0 aromatic heterocycles. The minimum atomic E-state index is 0.247. The second kappa shape index (κ2) is 9.17. The Morgan fingerprint density at radius 2 is 1.73 bits per heavy atom. The van der Waals surface area contributed by atoms with Gasteiger partial charge in [0, 0.05) is 19.1 Å². The monoisotopic (exact) mass is 215 g/mol. The number of unbranched alkanes of at least 4 members (excludes halogenated alkanes) is 3. The fourth-order valence-electron chi connectivity index (χ4n) is 2.30. The summed E-state index contributed by atoms with van der Waals surface area (Å²) in [6.07, 6.45) is 8.91. The fourth-order valence-corrected chi connectivity index (χ4v) is 2.30. The molecular formula is C13H29NO. The van der Waals surface area contributed by atoms with Crippen molar-refractivity contribution in [1.29, 1.82) is 0 Å². The van der Waals surface area contributed by atoms with Crippen LogP contribution in [0.5, 0.6) is 0 Å². The highest BCUT2D eigenvalue weighted by atomic mass is 16.5. The Bertz CT molecular complexity index is 130. The molecule has 0 rings (SSSR count). The van der Waals surface area contributed by atoms with Gasteiger partial charge in [0.15, 0.2) is 0 Å². The number of methoxy groups -OCH3 is 1. The van der Waals surface area contributed by atoms with Crippen molar-refractivity contribution in [2.75, 3.05) is 20.3 Å². The maximum absolute atomic E-state index is 5.91. The van der Waals surface area contributed by atoms with E-state index in [4.69, 9.17) is 10.5 Å². The molecule has 1 unspecified atom stereocenters. The Balaban J connectivity index is 3.96. The lowest BCUT2D eigenvalue weighted by Crippen LogP contribution is -2.35. The number of hydrogen-bond acceptors (Lipinski definition) is 2. The van der Waals surface area contributed by atoms with Gasteiger partial charge in [0.05, 0.1) is 6.61 Å². The molecule has 0 saturated heterocycles. The van der Waals surface area contributed by atoms with E-state index in [2.05, 4.69) is 13.8 Å². The Kier molecular flexibility index (Phi) is 9.12. The van der Waals surface area contributed by atoms with Crippen LogP contribution in [0.2, 0.25) is 0 Å². The third kappa shape index (κ3) is 6.16. The molecule has 0 aliphatic rings. The summed E-state index contributed by atoms with van der Waals surface area (Å²) < 4.78 is 5.33. The van der Waals surface area contributed by atoms with Gasteiger partial charge in [0.1, 0.15) is 0 Å². The minimum absolute atomic E-state index is 0.247. The molecule has 15 heavy (non-hydrogen) atoms. The van der Waals surface area contributed by atoms with E-state index in [1.807, 2.05) is 0 Å². The summed E-state index contributed by atoms with van der Waals surface area (Å²) in [7, 11) is 1.78. The quantitative estimate of drug-likeness (QED) is 0.567. The molecule has 0 bridgehead atoms. The van der Waals surface area contributed by atoms with E-state index in [9.17, 15) is 0 Å².